The van der Waals surface area contributed by atoms with E-state index in [0.717, 1.165) is 0 Å². The Kier molecular flexibility index (Phi) is 3.66. The molecule has 1 aromatic rings. The van der Waals surface area contributed by atoms with Crippen molar-refractivity contribution >= 4 is 11.6 Å². The number of rotatable bonds is 3. The van der Waals surface area contributed by atoms with Crippen molar-refractivity contribution in [2.45, 2.75) is 6.10 Å². The molecule has 1 rings (SSSR count). The van der Waals surface area contributed by atoms with E-state index < -0.39 is 11.9 Å². The van der Waals surface area contributed by atoms with E-state index >= 15 is 0 Å². The minimum Gasteiger partial charge on any atom is -0.387 e. The SMILES string of the molecule is CNCC(O)c1cc(Cl)ccc1F. The summed E-state index contributed by atoms with van der Waals surface area (Å²) in [6.45, 7) is 0.303. The van der Waals surface area contributed by atoms with Crippen molar-refractivity contribution in [3.05, 3.63) is 34.6 Å². The number of nitrogens with one attached hydrogen (secondary N) is 1. The minimum absolute atomic E-state index is 0.224. The molecule has 72 valence electrons. The molecule has 4 heteroatoms. The molecule has 0 aromatic heterocycles. The molecule has 0 aliphatic rings. The van der Waals surface area contributed by atoms with Crippen LogP contribution in [0.5, 0.6) is 0 Å². The highest BCUT2D eigenvalue weighted by molar-refractivity contribution is 6.30. The highest BCUT2D eigenvalue weighted by Crippen LogP contribution is 2.20. The van der Waals surface area contributed by atoms with Gasteiger partial charge in [-0.05, 0) is 25.2 Å². The first-order valence-electron chi connectivity index (χ1n) is 3.92. The van der Waals surface area contributed by atoms with Crippen LogP contribution in [-0.4, -0.2) is 18.7 Å². The second-order valence-electron chi connectivity index (χ2n) is 2.74. The van der Waals surface area contributed by atoms with Crippen LogP contribution in [0.2, 0.25) is 5.02 Å². The van der Waals surface area contributed by atoms with Crippen LogP contribution in [0.1, 0.15) is 11.7 Å². The number of hydrogen-bond donors (Lipinski definition) is 2. The molecule has 1 aromatic carbocycles. The van der Waals surface area contributed by atoms with Crippen LogP contribution in [-0.2, 0) is 0 Å². The van der Waals surface area contributed by atoms with Crippen molar-refractivity contribution in [1.29, 1.82) is 0 Å². The lowest BCUT2D eigenvalue weighted by molar-refractivity contribution is 0.173. The lowest BCUT2D eigenvalue weighted by Crippen LogP contribution is -2.17. The van der Waals surface area contributed by atoms with Gasteiger partial charge in [-0.25, -0.2) is 4.39 Å². The topological polar surface area (TPSA) is 32.3 Å². The number of likely N-dealkylation sites (N-methyl/N-ethyl adjacent to an activating group) is 1. The average molecular weight is 204 g/mol. The van der Waals surface area contributed by atoms with Crippen LogP contribution in [0, 0.1) is 5.82 Å². The molecule has 1 unspecified atom stereocenters. The molecule has 2 N–H and O–H groups in total. The zero-order chi connectivity index (χ0) is 9.84. The van der Waals surface area contributed by atoms with Crippen LogP contribution in [0.3, 0.4) is 0 Å². The van der Waals surface area contributed by atoms with Gasteiger partial charge in [0, 0.05) is 17.1 Å². The van der Waals surface area contributed by atoms with E-state index in [1.165, 1.54) is 18.2 Å². The summed E-state index contributed by atoms with van der Waals surface area (Å²) in [6, 6.07) is 4.13. The van der Waals surface area contributed by atoms with E-state index in [1.54, 1.807) is 7.05 Å². The van der Waals surface area contributed by atoms with E-state index in [9.17, 15) is 9.50 Å². The molecular weight excluding hydrogens is 193 g/mol. The zero-order valence-electron chi connectivity index (χ0n) is 7.22. The second-order valence-corrected chi connectivity index (χ2v) is 3.18. The smallest absolute Gasteiger partial charge is 0.129 e. The largest absolute Gasteiger partial charge is 0.387 e. The minimum atomic E-state index is -0.858. The Morgan fingerprint density at radius 2 is 2.31 bits per heavy atom. The summed E-state index contributed by atoms with van der Waals surface area (Å²) in [7, 11) is 1.69. The highest BCUT2D eigenvalue weighted by atomic mass is 35.5. The summed E-state index contributed by atoms with van der Waals surface area (Å²) < 4.78 is 13.1. The lowest BCUT2D eigenvalue weighted by Gasteiger charge is -2.11. The number of benzene rings is 1. The third-order valence-electron chi connectivity index (χ3n) is 1.71. The Bertz CT molecular complexity index is 293. The lowest BCUT2D eigenvalue weighted by atomic mass is 10.1. The Morgan fingerprint density at radius 3 is 2.92 bits per heavy atom. The molecule has 0 amide bonds. The van der Waals surface area contributed by atoms with Crippen LogP contribution in [0.25, 0.3) is 0 Å². The first-order valence-corrected chi connectivity index (χ1v) is 4.30. The number of aliphatic hydroxyl groups excluding tert-OH is 1. The quantitative estimate of drug-likeness (QED) is 0.784. The van der Waals surface area contributed by atoms with Crippen molar-refractivity contribution in [3.63, 3.8) is 0 Å². The molecule has 0 spiro atoms. The molecule has 0 aliphatic carbocycles. The van der Waals surface area contributed by atoms with Crippen LogP contribution < -0.4 is 5.32 Å². The third kappa shape index (κ3) is 2.66. The fourth-order valence-electron chi connectivity index (χ4n) is 1.07. The first-order chi connectivity index (χ1) is 6.15. The van der Waals surface area contributed by atoms with E-state index in [4.69, 9.17) is 11.6 Å². The Hall–Kier alpha value is -0.640. The zero-order valence-corrected chi connectivity index (χ0v) is 7.98. The molecule has 13 heavy (non-hydrogen) atoms. The monoisotopic (exact) mass is 203 g/mol. The molecule has 0 saturated heterocycles. The maximum atomic E-state index is 13.1. The predicted octanol–water partition coefficient (Wildman–Crippen LogP) is 1.73. The molecule has 2 nitrogen and oxygen atoms in total. The van der Waals surface area contributed by atoms with Gasteiger partial charge < -0.3 is 10.4 Å². The summed E-state index contributed by atoms with van der Waals surface area (Å²) >= 11 is 5.66. The molecule has 0 bridgehead atoms. The summed E-state index contributed by atoms with van der Waals surface area (Å²) in [5, 5.41) is 12.6. The fraction of sp³-hybridized carbons (Fsp3) is 0.333. The van der Waals surface area contributed by atoms with Gasteiger partial charge in [-0.2, -0.15) is 0 Å². The number of aliphatic hydroxyl groups is 1. The molecule has 0 heterocycles. The van der Waals surface area contributed by atoms with Crippen LogP contribution in [0.4, 0.5) is 4.39 Å². The van der Waals surface area contributed by atoms with Gasteiger partial charge in [0.1, 0.15) is 5.82 Å². The summed E-state index contributed by atoms with van der Waals surface area (Å²) in [4.78, 5) is 0. The second kappa shape index (κ2) is 4.56. The maximum Gasteiger partial charge on any atom is 0.129 e. The Labute approximate surface area is 81.3 Å². The van der Waals surface area contributed by atoms with Gasteiger partial charge in [-0.3, -0.25) is 0 Å². The van der Waals surface area contributed by atoms with Crippen molar-refractivity contribution in [2.24, 2.45) is 0 Å². The van der Waals surface area contributed by atoms with Gasteiger partial charge in [0.25, 0.3) is 0 Å². The van der Waals surface area contributed by atoms with Crippen molar-refractivity contribution < 1.29 is 9.50 Å². The Morgan fingerprint density at radius 1 is 1.62 bits per heavy atom. The van der Waals surface area contributed by atoms with Gasteiger partial charge >= 0.3 is 0 Å². The normalized spacial score (nSPS) is 12.9. The van der Waals surface area contributed by atoms with Crippen molar-refractivity contribution in [1.82, 2.24) is 5.32 Å². The molecule has 0 radical (unpaired) electrons. The molecular formula is C9H11ClFNO. The number of halogens is 2. The van der Waals surface area contributed by atoms with E-state index in [1.807, 2.05) is 0 Å². The van der Waals surface area contributed by atoms with E-state index in [0.29, 0.717) is 11.6 Å². The standard InChI is InChI=1S/C9H11ClFNO/c1-12-5-9(13)7-4-6(10)2-3-8(7)11/h2-4,9,12-13H,5H2,1H3. The van der Waals surface area contributed by atoms with E-state index in [2.05, 4.69) is 5.32 Å². The van der Waals surface area contributed by atoms with Crippen molar-refractivity contribution in [2.75, 3.05) is 13.6 Å². The van der Waals surface area contributed by atoms with E-state index in [-0.39, 0.29) is 5.56 Å². The Balaban J connectivity index is 2.91. The molecule has 1 atom stereocenters. The van der Waals surface area contributed by atoms with Gasteiger partial charge in [0.05, 0.1) is 6.10 Å². The number of hydrogen-bond acceptors (Lipinski definition) is 2. The average Bonchev–Trinajstić information content (AvgIpc) is 2.09. The van der Waals surface area contributed by atoms with Gasteiger partial charge in [-0.15, -0.1) is 0 Å². The van der Waals surface area contributed by atoms with Gasteiger partial charge in [0.2, 0.25) is 0 Å². The molecule has 0 aliphatic heterocycles. The third-order valence-corrected chi connectivity index (χ3v) is 1.95. The molecule has 0 fully saturated rings. The summed E-state index contributed by atoms with van der Waals surface area (Å²) in [6.07, 6.45) is -0.858. The van der Waals surface area contributed by atoms with Crippen LogP contribution in [0.15, 0.2) is 18.2 Å². The van der Waals surface area contributed by atoms with Crippen LogP contribution >= 0.6 is 11.6 Å². The first kappa shape index (κ1) is 10.4. The molecule has 0 saturated carbocycles. The fourth-order valence-corrected chi connectivity index (χ4v) is 1.25. The predicted molar refractivity (Wildman–Crippen MR) is 50.3 cm³/mol. The summed E-state index contributed by atoms with van der Waals surface area (Å²) in [5.41, 5.74) is 0.224. The highest BCUT2D eigenvalue weighted by Gasteiger charge is 2.11. The maximum absolute atomic E-state index is 13.1. The van der Waals surface area contributed by atoms with Crippen molar-refractivity contribution in [3.8, 4) is 0 Å². The van der Waals surface area contributed by atoms with Gasteiger partial charge in [-0.1, -0.05) is 11.6 Å². The van der Waals surface area contributed by atoms with Gasteiger partial charge in [0.15, 0.2) is 0 Å². The summed E-state index contributed by atoms with van der Waals surface area (Å²) in [5.74, 6) is -0.438.